The molecule has 1 aromatic rings. The van der Waals surface area contributed by atoms with E-state index in [1.54, 1.807) is 18.2 Å². The van der Waals surface area contributed by atoms with Crippen molar-refractivity contribution in [1.29, 1.82) is 5.26 Å². The number of nitrogens with one attached hydrogen (secondary N) is 1. The predicted molar refractivity (Wildman–Crippen MR) is 102 cm³/mol. The molecule has 0 aliphatic heterocycles. The van der Waals surface area contributed by atoms with Gasteiger partial charge in [0.05, 0.1) is 7.11 Å². The number of hydrogen-bond donors (Lipinski definition) is 2. The fraction of sp³-hybridized carbons (Fsp3) is 0.429. The molecule has 2 N–H and O–H groups in total. The summed E-state index contributed by atoms with van der Waals surface area (Å²) < 4.78 is 5.19. The first-order valence-electron chi connectivity index (χ1n) is 8.93. The van der Waals surface area contributed by atoms with Crippen LogP contribution in [-0.4, -0.2) is 24.2 Å². The van der Waals surface area contributed by atoms with Gasteiger partial charge >= 0.3 is 0 Å². The van der Waals surface area contributed by atoms with Crippen LogP contribution in [0.25, 0.3) is 6.08 Å². The van der Waals surface area contributed by atoms with Gasteiger partial charge in [-0.2, -0.15) is 5.26 Å². The molecule has 1 aromatic carbocycles. The summed E-state index contributed by atoms with van der Waals surface area (Å²) in [6, 6.07) is 5.43. The summed E-state index contributed by atoms with van der Waals surface area (Å²) in [5.41, 5.74) is 1.30. The normalized spacial score (nSPS) is 20.1. The number of ether oxygens (including phenoxy) is 1. The van der Waals surface area contributed by atoms with E-state index in [1.807, 2.05) is 6.07 Å². The first-order valence-corrected chi connectivity index (χ1v) is 8.93. The second kappa shape index (κ2) is 9.10. The molecule has 0 spiro atoms. The molecular weight excluding hydrogens is 328 g/mol. The zero-order chi connectivity index (χ0) is 19.1. The molecule has 5 nitrogen and oxygen atoms in total. The molecule has 0 aromatic heterocycles. The molecule has 5 heteroatoms. The number of phenolic OH excluding ortho intramolecular Hbond substituents is 1. The van der Waals surface area contributed by atoms with E-state index in [9.17, 15) is 15.2 Å². The second-order valence-electron chi connectivity index (χ2n) is 6.74. The number of benzene rings is 1. The Morgan fingerprint density at radius 1 is 1.46 bits per heavy atom. The van der Waals surface area contributed by atoms with Crippen molar-refractivity contribution in [1.82, 2.24) is 5.32 Å². The topological polar surface area (TPSA) is 82.4 Å². The van der Waals surface area contributed by atoms with Crippen LogP contribution in [-0.2, 0) is 11.2 Å². The Morgan fingerprint density at radius 2 is 2.19 bits per heavy atom. The molecule has 2 rings (SSSR count). The number of allylic oxidation sites excluding steroid dienone is 1. The Labute approximate surface area is 155 Å². The number of methoxy groups -OCH3 is 1. The van der Waals surface area contributed by atoms with Gasteiger partial charge in [-0.05, 0) is 49.0 Å². The largest absolute Gasteiger partial charge is 0.504 e. The molecule has 26 heavy (non-hydrogen) atoms. The monoisotopic (exact) mass is 354 g/mol. The van der Waals surface area contributed by atoms with E-state index in [2.05, 4.69) is 18.8 Å². The standard InChI is InChI=1S/C21H26N2O3/c1-4-7-16-10-15(12-19(26-3)20(16)24)11-17(13-22)21(25)23-18-9-6-5-8-14(18)2/h4,10-12,14,18,24H,1,5-9H2,2-3H3,(H,23,25)/b17-11+/t14-,18+/m1/s1. The molecule has 0 heterocycles. The van der Waals surface area contributed by atoms with Crippen LogP contribution in [0.3, 0.4) is 0 Å². The summed E-state index contributed by atoms with van der Waals surface area (Å²) in [5, 5.41) is 22.6. The van der Waals surface area contributed by atoms with Crippen LogP contribution < -0.4 is 10.1 Å². The molecule has 0 saturated heterocycles. The lowest BCUT2D eigenvalue weighted by atomic mass is 9.86. The van der Waals surface area contributed by atoms with Crippen LogP contribution >= 0.6 is 0 Å². The van der Waals surface area contributed by atoms with E-state index in [0.29, 0.717) is 29.2 Å². The summed E-state index contributed by atoms with van der Waals surface area (Å²) in [6.07, 6.45) is 7.98. The maximum absolute atomic E-state index is 12.5. The zero-order valence-electron chi connectivity index (χ0n) is 15.4. The third-order valence-corrected chi connectivity index (χ3v) is 4.86. The highest BCUT2D eigenvalue weighted by Crippen LogP contribution is 2.33. The lowest BCUT2D eigenvalue weighted by Crippen LogP contribution is -2.41. The van der Waals surface area contributed by atoms with Gasteiger partial charge in [0.25, 0.3) is 5.91 Å². The van der Waals surface area contributed by atoms with Crippen LogP contribution in [0.2, 0.25) is 0 Å². The SMILES string of the molecule is C=CCc1cc(/C=C(\C#N)C(=O)N[C@H]2CCCC[C@H]2C)cc(OC)c1O. The van der Waals surface area contributed by atoms with Gasteiger partial charge in [0.1, 0.15) is 11.6 Å². The van der Waals surface area contributed by atoms with Crippen molar-refractivity contribution in [3.8, 4) is 17.6 Å². The van der Waals surface area contributed by atoms with E-state index in [4.69, 9.17) is 4.74 Å². The predicted octanol–water partition coefficient (Wildman–Crippen LogP) is 3.73. The van der Waals surface area contributed by atoms with Crippen LogP contribution in [0, 0.1) is 17.2 Å². The minimum atomic E-state index is -0.358. The first-order chi connectivity index (χ1) is 12.5. The Morgan fingerprint density at radius 3 is 2.81 bits per heavy atom. The molecule has 1 fully saturated rings. The quantitative estimate of drug-likeness (QED) is 0.463. The van der Waals surface area contributed by atoms with Gasteiger partial charge < -0.3 is 15.2 Å². The Hall–Kier alpha value is -2.74. The van der Waals surface area contributed by atoms with Crippen molar-refractivity contribution in [3.05, 3.63) is 41.5 Å². The highest BCUT2D eigenvalue weighted by atomic mass is 16.5. The number of carbonyl (C=O) groups excluding carboxylic acids is 1. The van der Waals surface area contributed by atoms with Gasteiger partial charge in [0.2, 0.25) is 0 Å². The molecule has 1 amide bonds. The number of rotatable bonds is 6. The maximum atomic E-state index is 12.5. The highest BCUT2D eigenvalue weighted by Gasteiger charge is 2.24. The first kappa shape index (κ1) is 19.6. The molecule has 0 radical (unpaired) electrons. The molecule has 1 aliphatic rings. The molecule has 0 unspecified atom stereocenters. The number of phenols is 1. The van der Waals surface area contributed by atoms with Crippen molar-refractivity contribution in [2.45, 2.75) is 45.1 Å². The van der Waals surface area contributed by atoms with Crippen LogP contribution in [0.15, 0.2) is 30.4 Å². The Bertz CT molecular complexity index is 746. The van der Waals surface area contributed by atoms with Crippen molar-refractivity contribution in [3.63, 3.8) is 0 Å². The van der Waals surface area contributed by atoms with Crippen LogP contribution in [0.5, 0.6) is 11.5 Å². The van der Waals surface area contributed by atoms with Crippen molar-refractivity contribution >= 4 is 12.0 Å². The minimum Gasteiger partial charge on any atom is -0.504 e. The summed E-state index contributed by atoms with van der Waals surface area (Å²) in [6.45, 7) is 5.81. The van der Waals surface area contributed by atoms with Gasteiger partial charge in [-0.3, -0.25) is 4.79 Å². The summed E-state index contributed by atoms with van der Waals surface area (Å²) >= 11 is 0. The molecule has 1 saturated carbocycles. The van der Waals surface area contributed by atoms with Crippen molar-refractivity contribution < 1.29 is 14.6 Å². The number of aromatic hydroxyl groups is 1. The average Bonchev–Trinajstić information content (AvgIpc) is 2.64. The van der Waals surface area contributed by atoms with E-state index >= 15 is 0 Å². The Balaban J connectivity index is 2.27. The number of nitrogens with zero attached hydrogens (tertiary/aromatic N) is 1. The summed E-state index contributed by atoms with van der Waals surface area (Å²) in [7, 11) is 1.46. The van der Waals surface area contributed by atoms with E-state index in [0.717, 1.165) is 19.3 Å². The van der Waals surface area contributed by atoms with E-state index in [1.165, 1.54) is 19.6 Å². The molecule has 138 valence electrons. The third kappa shape index (κ3) is 4.66. The Kier molecular flexibility index (Phi) is 6.85. The van der Waals surface area contributed by atoms with Crippen molar-refractivity contribution in [2.24, 2.45) is 5.92 Å². The fourth-order valence-electron chi connectivity index (χ4n) is 3.33. The third-order valence-electron chi connectivity index (χ3n) is 4.86. The lowest BCUT2D eigenvalue weighted by Gasteiger charge is -2.29. The fourth-order valence-corrected chi connectivity index (χ4v) is 3.33. The van der Waals surface area contributed by atoms with Gasteiger partial charge in [-0.15, -0.1) is 6.58 Å². The van der Waals surface area contributed by atoms with E-state index in [-0.39, 0.29) is 23.3 Å². The summed E-state index contributed by atoms with van der Waals surface area (Å²) in [4.78, 5) is 12.5. The lowest BCUT2D eigenvalue weighted by molar-refractivity contribution is -0.118. The molecule has 1 aliphatic carbocycles. The maximum Gasteiger partial charge on any atom is 0.262 e. The molecule has 0 bridgehead atoms. The van der Waals surface area contributed by atoms with Gasteiger partial charge in [0.15, 0.2) is 11.5 Å². The second-order valence-corrected chi connectivity index (χ2v) is 6.74. The van der Waals surface area contributed by atoms with E-state index < -0.39 is 0 Å². The number of amides is 1. The van der Waals surface area contributed by atoms with Gasteiger partial charge in [-0.1, -0.05) is 25.8 Å². The molecular formula is C21H26N2O3. The molecule has 2 atom stereocenters. The zero-order valence-corrected chi connectivity index (χ0v) is 15.4. The summed E-state index contributed by atoms with van der Waals surface area (Å²) in [5.74, 6) is 0.405. The number of carbonyl (C=O) groups is 1. The smallest absolute Gasteiger partial charge is 0.262 e. The van der Waals surface area contributed by atoms with Crippen LogP contribution in [0.1, 0.15) is 43.7 Å². The number of hydrogen-bond acceptors (Lipinski definition) is 4. The minimum absolute atomic E-state index is 0.0417. The van der Waals surface area contributed by atoms with Gasteiger partial charge in [-0.25, -0.2) is 0 Å². The number of nitriles is 1. The van der Waals surface area contributed by atoms with Crippen molar-refractivity contribution in [2.75, 3.05) is 7.11 Å². The highest BCUT2D eigenvalue weighted by molar-refractivity contribution is 6.01. The average molecular weight is 354 g/mol. The van der Waals surface area contributed by atoms with Gasteiger partial charge in [0, 0.05) is 11.6 Å². The van der Waals surface area contributed by atoms with Crippen LogP contribution in [0.4, 0.5) is 0 Å².